The Hall–Kier alpha value is -1.13. The fraction of sp³-hybridized carbons (Fsp3) is 0.500. The van der Waals surface area contributed by atoms with Crippen LogP contribution in [-0.2, 0) is 0 Å². The van der Waals surface area contributed by atoms with Gasteiger partial charge in [0.05, 0.1) is 24.3 Å². The molecule has 0 saturated carbocycles. The summed E-state index contributed by atoms with van der Waals surface area (Å²) in [5.74, 6) is 0.000920. The van der Waals surface area contributed by atoms with Gasteiger partial charge in [-0.25, -0.2) is 4.98 Å². The molecule has 0 amide bonds. The van der Waals surface area contributed by atoms with E-state index in [4.69, 9.17) is 17.3 Å². The molecule has 1 aliphatic rings. The number of imidazole rings is 1. The Labute approximate surface area is 122 Å². The Morgan fingerprint density at radius 1 is 1.35 bits per heavy atom. The molecule has 2 aromatic rings. The van der Waals surface area contributed by atoms with E-state index in [1.165, 1.54) is 18.1 Å². The number of thioether (sulfide) groups is 1. The van der Waals surface area contributed by atoms with Gasteiger partial charge in [-0.1, -0.05) is 11.6 Å². The summed E-state index contributed by atoms with van der Waals surface area (Å²) in [7, 11) is 0. The number of rotatable bonds is 2. The van der Waals surface area contributed by atoms with Gasteiger partial charge in [-0.3, -0.25) is 4.57 Å². The third kappa shape index (κ3) is 2.02. The van der Waals surface area contributed by atoms with Gasteiger partial charge in [-0.2, -0.15) is 9.97 Å². The van der Waals surface area contributed by atoms with Crippen molar-refractivity contribution < 1.29 is 15.3 Å². The second kappa shape index (κ2) is 5.01. The van der Waals surface area contributed by atoms with E-state index in [0.29, 0.717) is 11.2 Å². The monoisotopic (exact) mass is 317 g/mol. The SMILES string of the molecule is Nc1nc(Cl)c2ncn([C@@H]3S[C@H](CO)[C@@H](O)[C@@H]3O)c2n1. The third-order valence-corrected chi connectivity index (χ3v) is 5.01. The van der Waals surface area contributed by atoms with Gasteiger partial charge in [0.2, 0.25) is 5.95 Å². The number of nitrogen functional groups attached to an aromatic ring is 1. The number of halogens is 1. The fourth-order valence-corrected chi connectivity index (χ4v) is 3.79. The molecular weight excluding hydrogens is 306 g/mol. The van der Waals surface area contributed by atoms with E-state index in [1.54, 1.807) is 4.57 Å². The molecule has 1 saturated heterocycles. The molecule has 0 spiro atoms. The molecule has 2 aromatic heterocycles. The molecular formula is C10H12ClN5O3S. The van der Waals surface area contributed by atoms with Gasteiger partial charge in [0.15, 0.2) is 10.8 Å². The smallest absolute Gasteiger partial charge is 0.223 e. The van der Waals surface area contributed by atoms with E-state index >= 15 is 0 Å². The number of hydrogen-bond acceptors (Lipinski definition) is 8. The fourth-order valence-electron chi connectivity index (χ4n) is 2.19. The first kappa shape index (κ1) is 13.8. The number of aromatic nitrogens is 4. The van der Waals surface area contributed by atoms with Crippen LogP contribution in [0, 0.1) is 0 Å². The van der Waals surface area contributed by atoms with Crippen molar-refractivity contribution in [2.24, 2.45) is 0 Å². The van der Waals surface area contributed by atoms with Crippen LogP contribution in [0.15, 0.2) is 6.33 Å². The minimum absolute atomic E-state index is 0.000920. The number of fused-ring (bicyclic) bond motifs is 1. The van der Waals surface area contributed by atoms with Crippen molar-refractivity contribution in [3.8, 4) is 0 Å². The topological polar surface area (TPSA) is 130 Å². The maximum atomic E-state index is 10.1. The lowest BCUT2D eigenvalue weighted by molar-refractivity contribution is 0.0113. The minimum atomic E-state index is -1.05. The largest absolute Gasteiger partial charge is 0.395 e. The second-order valence-corrected chi connectivity index (χ2v) is 6.14. The summed E-state index contributed by atoms with van der Waals surface area (Å²) in [5, 5.41) is 28.3. The molecule has 20 heavy (non-hydrogen) atoms. The van der Waals surface area contributed by atoms with E-state index in [-0.39, 0.29) is 17.7 Å². The molecule has 5 N–H and O–H groups in total. The quantitative estimate of drug-likeness (QED) is 0.540. The minimum Gasteiger partial charge on any atom is -0.395 e. The van der Waals surface area contributed by atoms with Crippen LogP contribution in [-0.4, -0.2) is 58.9 Å². The lowest BCUT2D eigenvalue weighted by Gasteiger charge is -2.17. The highest BCUT2D eigenvalue weighted by Crippen LogP contribution is 2.43. The van der Waals surface area contributed by atoms with Crippen molar-refractivity contribution in [2.75, 3.05) is 12.3 Å². The first-order chi connectivity index (χ1) is 9.52. The standard InChI is InChI=1S/C10H12ClN5O3S/c11-7-4-8(15-10(12)14-7)16(2-13-4)9-6(19)5(18)3(1-17)20-9/h2-3,5-6,9,17-19H,1H2,(H2,12,14,15)/t3-,5-,6+,9-/m1/s1. The van der Waals surface area contributed by atoms with Crippen molar-refractivity contribution in [2.45, 2.75) is 22.8 Å². The van der Waals surface area contributed by atoms with E-state index in [0.717, 1.165) is 0 Å². The molecule has 0 aliphatic carbocycles. The predicted molar refractivity (Wildman–Crippen MR) is 74.3 cm³/mol. The molecule has 1 fully saturated rings. The lowest BCUT2D eigenvalue weighted by atomic mass is 10.1. The lowest BCUT2D eigenvalue weighted by Crippen LogP contribution is -2.32. The Morgan fingerprint density at radius 2 is 2.10 bits per heavy atom. The summed E-state index contributed by atoms with van der Waals surface area (Å²) in [4.78, 5) is 12.0. The van der Waals surface area contributed by atoms with Crippen LogP contribution >= 0.6 is 23.4 Å². The van der Waals surface area contributed by atoms with Gasteiger partial charge in [0, 0.05) is 0 Å². The summed E-state index contributed by atoms with van der Waals surface area (Å²) in [6, 6.07) is 0. The predicted octanol–water partition coefficient (Wildman–Crippen LogP) is -0.610. The first-order valence-corrected chi connectivity index (χ1v) is 7.13. The molecule has 3 rings (SSSR count). The Kier molecular flexibility index (Phi) is 3.46. The van der Waals surface area contributed by atoms with Crippen molar-refractivity contribution in [1.29, 1.82) is 0 Å². The van der Waals surface area contributed by atoms with E-state index < -0.39 is 22.8 Å². The molecule has 108 valence electrons. The van der Waals surface area contributed by atoms with Gasteiger partial charge in [-0.05, 0) is 0 Å². The molecule has 0 unspecified atom stereocenters. The van der Waals surface area contributed by atoms with Crippen LogP contribution in [0.3, 0.4) is 0 Å². The van der Waals surface area contributed by atoms with Crippen LogP contribution in [0.1, 0.15) is 5.37 Å². The zero-order chi connectivity index (χ0) is 14.4. The Morgan fingerprint density at radius 3 is 2.75 bits per heavy atom. The van der Waals surface area contributed by atoms with Gasteiger partial charge < -0.3 is 21.1 Å². The highest BCUT2D eigenvalue weighted by molar-refractivity contribution is 8.00. The molecule has 1 aliphatic heterocycles. The Bertz CT molecular complexity index is 653. The number of anilines is 1. The van der Waals surface area contributed by atoms with Crippen LogP contribution in [0.2, 0.25) is 5.15 Å². The number of aliphatic hydroxyl groups excluding tert-OH is 3. The van der Waals surface area contributed by atoms with Gasteiger partial charge in [0.25, 0.3) is 0 Å². The molecule has 10 heteroatoms. The van der Waals surface area contributed by atoms with Gasteiger partial charge in [-0.15, -0.1) is 11.8 Å². The van der Waals surface area contributed by atoms with Crippen molar-refractivity contribution in [3.63, 3.8) is 0 Å². The Balaban J connectivity index is 2.07. The second-order valence-electron chi connectivity index (χ2n) is 4.43. The van der Waals surface area contributed by atoms with E-state index in [9.17, 15) is 15.3 Å². The van der Waals surface area contributed by atoms with Gasteiger partial charge in [0.1, 0.15) is 17.0 Å². The zero-order valence-electron chi connectivity index (χ0n) is 10.1. The molecule has 0 bridgehead atoms. The van der Waals surface area contributed by atoms with Crippen LogP contribution in [0.5, 0.6) is 0 Å². The van der Waals surface area contributed by atoms with Gasteiger partial charge >= 0.3 is 0 Å². The summed E-state index contributed by atoms with van der Waals surface area (Å²) >= 11 is 7.18. The molecule has 0 aromatic carbocycles. The molecule has 8 nitrogen and oxygen atoms in total. The van der Waals surface area contributed by atoms with E-state index in [2.05, 4.69) is 15.0 Å². The summed E-state index contributed by atoms with van der Waals surface area (Å²) < 4.78 is 1.58. The van der Waals surface area contributed by atoms with Crippen LogP contribution in [0.25, 0.3) is 11.2 Å². The van der Waals surface area contributed by atoms with Crippen LogP contribution < -0.4 is 5.73 Å². The highest BCUT2D eigenvalue weighted by Gasteiger charge is 2.43. The zero-order valence-corrected chi connectivity index (χ0v) is 11.7. The molecule has 3 heterocycles. The van der Waals surface area contributed by atoms with Crippen LogP contribution in [0.4, 0.5) is 5.95 Å². The number of hydrogen-bond donors (Lipinski definition) is 4. The first-order valence-electron chi connectivity index (χ1n) is 5.81. The molecule has 0 radical (unpaired) electrons. The maximum Gasteiger partial charge on any atom is 0.223 e. The highest BCUT2D eigenvalue weighted by atomic mass is 35.5. The molecule has 4 atom stereocenters. The third-order valence-electron chi connectivity index (χ3n) is 3.19. The number of nitrogens with two attached hydrogens (primary N) is 1. The summed E-state index contributed by atoms with van der Waals surface area (Å²) in [6.07, 6.45) is -0.621. The normalized spacial score (nSPS) is 30.2. The van der Waals surface area contributed by atoms with Crippen molar-refractivity contribution >= 4 is 40.5 Å². The number of aliphatic hydroxyl groups is 3. The van der Waals surface area contributed by atoms with Crippen molar-refractivity contribution in [1.82, 2.24) is 19.5 Å². The number of nitrogens with zero attached hydrogens (tertiary/aromatic N) is 4. The maximum absolute atomic E-state index is 10.1. The summed E-state index contributed by atoms with van der Waals surface area (Å²) in [5.41, 5.74) is 6.31. The average Bonchev–Trinajstić information content (AvgIpc) is 2.93. The van der Waals surface area contributed by atoms with Crippen molar-refractivity contribution in [3.05, 3.63) is 11.5 Å². The summed E-state index contributed by atoms with van der Waals surface area (Å²) in [6.45, 7) is -0.232. The van der Waals surface area contributed by atoms with E-state index in [1.807, 2.05) is 0 Å². The average molecular weight is 318 g/mol.